The molecule has 2 N–H and O–H groups in total. The Bertz CT molecular complexity index is 114. The third-order valence-corrected chi connectivity index (χ3v) is 1.61. The van der Waals surface area contributed by atoms with E-state index in [-0.39, 0.29) is 18.4 Å². The third-order valence-electron chi connectivity index (χ3n) is 1.61. The van der Waals surface area contributed by atoms with Gasteiger partial charge in [-0.2, -0.15) is 0 Å². The Hall–Kier alpha value is -0.570. The molecule has 0 aromatic heterocycles. The van der Waals surface area contributed by atoms with Crippen molar-refractivity contribution in [2.75, 3.05) is 13.2 Å². The third kappa shape index (κ3) is 1.68. The molecule has 1 heterocycles. The molecule has 1 amide bonds. The zero-order valence-corrected chi connectivity index (χ0v) is 5.26. The fraction of sp³-hybridized carbons (Fsp3) is 0.833. The maximum Gasteiger partial charge on any atom is 0.220 e. The molecule has 9 heavy (non-hydrogen) atoms. The lowest BCUT2D eigenvalue weighted by atomic mass is 9.99. The van der Waals surface area contributed by atoms with Crippen molar-refractivity contribution in [2.24, 2.45) is 5.92 Å². The first-order chi connectivity index (χ1) is 4.33. The van der Waals surface area contributed by atoms with Gasteiger partial charge in [-0.25, -0.2) is 0 Å². The first-order valence-electron chi connectivity index (χ1n) is 3.20. The van der Waals surface area contributed by atoms with Crippen LogP contribution in [0.4, 0.5) is 0 Å². The van der Waals surface area contributed by atoms with Gasteiger partial charge in [0.2, 0.25) is 5.91 Å². The fourth-order valence-electron chi connectivity index (χ4n) is 1.01. The second-order valence-electron chi connectivity index (χ2n) is 2.39. The summed E-state index contributed by atoms with van der Waals surface area (Å²) in [6.45, 7) is 0.872. The van der Waals surface area contributed by atoms with E-state index in [9.17, 15) is 4.79 Å². The summed E-state index contributed by atoms with van der Waals surface area (Å²) >= 11 is 0. The molecule has 0 bridgehead atoms. The van der Waals surface area contributed by atoms with Crippen molar-refractivity contribution < 1.29 is 9.90 Å². The van der Waals surface area contributed by atoms with E-state index in [2.05, 4.69) is 5.32 Å². The van der Waals surface area contributed by atoms with Crippen LogP contribution in [0.3, 0.4) is 0 Å². The molecular weight excluding hydrogens is 118 g/mol. The van der Waals surface area contributed by atoms with Crippen molar-refractivity contribution in [3.63, 3.8) is 0 Å². The van der Waals surface area contributed by atoms with E-state index in [0.717, 1.165) is 13.0 Å². The summed E-state index contributed by atoms with van der Waals surface area (Å²) in [6, 6.07) is 0. The number of rotatable bonds is 1. The van der Waals surface area contributed by atoms with Crippen molar-refractivity contribution in [3.05, 3.63) is 0 Å². The van der Waals surface area contributed by atoms with Gasteiger partial charge in [-0.15, -0.1) is 0 Å². The van der Waals surface area contributed by atoms with Gasteiger partial charge in [-0.1, -0.05) is 0 Å². The molecule has 1 aliphatic heterocycles. The quantitative estimate of drug-likeness (QED) is 0.501. The predicted molar refractivity (Wildman–Crippen MR) is 32.8 cm³/mol. The Morgan fingerprint density at radius 3 is 3.00 bits per heavy atom. The Kier molecular flexibility index (Phi) is 2.05. The lowest BCUT2D eigenvalue weighted by Crippen LogP contribution is -2.34. The number of carbonyl (C=O) groups excluding carboxylic acids is 1. The minimum atomic E-state index is 0.0697. The van der Waals surface area contributed by atoms with E-state index < -0.39 is 0 Å². The van der Waals surface area contributed by atoms with Crippen LogP contribution in [0.25, 0.3) is 0 Å². The molecule has 0 aromatic carbocycles. The zero-order chi connectivity index (χ0) is 6.69. The number of aliphatic hydroxyl groups excluding tert-OH is 1. The topological polar surface area (TPSA) is 49.3 Å². The van der Waals surface area contributed by atoms with Gasteiger partial charge in [-0.05, 0) is 12.3 Å². The minimum absolute atomic E-state index is 0.0697. The van der Waals surface area contributed by atoms with Crippen LogP contribution in [0.2, 0.25) is 0 Å². The maximum absolute atomic E-state index is 10.6. The number of nitrogens with one attached hydrogen (secondary N) is 1. The van der Waals surface area contributed by atoms with Crippen molar-refractivity contribution in [3.8, 4) is 0 Å². The van der Waals surface area contributed by atoms with Crippen molar-refractivity contribution in [1.29, 1.82) is 0 Å². The van der Waals surface area contributed by atoms with Crippen molar-refractivity contribution >= 4 is 5.91 Å². The van der Waals surface area contributed by atoms with Crippen LogP contribution in [-0.4, -0.2) is 24.2 Å². The van der Waals surface area contributed by atoms with Gasteiger partial charge < -0.3 is 10.4 Å². The van der Waals surface area contributed by atoms with Gasteiger partial charge in [0.25, 0.3) is 0 Å². The average Bonchev–Trinajstić information content (AvgIpc) is 1.88. The summed E-state index contributed by atoms with van der Waals surface area (Å²) in [5, 5.41) is 11.3. The van der Waals surface area contributed by atoms with E-state index >= 15 is 0 Å². The van der Waals surface area contributed by atoms with E-state index in [1.807, 2.05) is 0 Å². The summed E-state index contributed by atoms with van der Waals surface area (Å²) in [5.74, 6) is 0.277. The second-order valence-corrected chi connectivity index (χ2v) is 2.39. The number of piperidine rings is 1. The molecule has 0 aliphatic carbocycles. The van der Waals surface area contributed by atoms with Crippen LogP contribution in [0, 0.1) is 5.92 Å². The number of carbonyl (C=O) groups is 1. The van der Waals surface area contributed by atoms with Gasteiger partial charge in [0.15, 0.2) is 0 Å². The van der Waals surface area contributed by atoms with Crippen molar-refractivity contribution in [2.45, 2.75) is 12.8 Å². The normalized spacial score (nSPS) is 27.7. The molecular formula is C6H11NO2. The molecule has 1 aliphatic rings. The Morgan fingerprint density at radius 2 is 2.56 bits per heavy atom. The largest absolute Gasteiger partial charge is 0.396 e. The Morgan fingerprint density at radius 1 is 1.78 bits per heavy atom. The first kappa shape index (κ1) is 6.55. The molecule has 1 atom stereocenters. The van der Waals surface area contributed by atoms with E-state index in [0.29, 0.717) is 6.42 Å². The molecule has 0 radical (unpaired) electrons. The molecule has 3 heteroatoms. The molecule has 52 valence electrons. The van der Waals surface area contributed by atoms with Crippen molar-refractivity contribution in [1.82, 2.24) is 5.32 Å². The van der Waals surface area contributed by atoms with Gasteiger partial charge in [0, 0.05) is 19.6 Å². The zero-order valence-electron chi connectivity index (χ0n) is 5.26. The lowest BCUT2D eigenvalue weighted by Gasteiger charge is -2.19. The monoisotopic (exact) mass is 129 g/mol. The summed E-state index contributed by atoms with van der Waals surface area (Å²) in [7, 11) is 0. The van der Waals surface area contributed by atoms with Gasteiger partial charge in [0.05, 0.1) is 0 Å². The van der Waals surface area contributed by atoms with Gasteiger partial charge in [0.1, 0.15) is 0 Å². The summed E-state index contributed by atoms with van der Waals surface area (Å²) in [5.41, 5.74) is 0. The molecule has 1 fully saturated rings. The molecule has 0 spiro atoms. The lowest BCUT2D eigenvalue weighted by molar-refractivity contribution is -0.123. The minimum Gasteiger partial charge on any atom is -0.396 e. The van der Waals surface area contributed by atoms with E-state index in [1.165, 1.54) is 0 Å². The smallest absolute Gasteiger partial charge is 0.220 e. The number of hydrogen-bond acceptors (Lipinski definition) is 2. The predicted octanol–water partition coefficient (Wildman–Crippen LogP) is -0.495. The number of amides is 1. The summed E-state index contributed by atoms with van der Waals surface area (Å²) in [4.78, 5) is 10.6. The summed E-state index contributed by atoms with van der Waals surface area (Å²) < 4.78 is 0. The molecule has 3 nitrogen and oxygen atoms in total. The van der Waals surface area contributed by atoms with Gasteiger partial charge >= 0.3 is 0 Å². The highest BCUT2D eigenvalue weighted by molar-refractivity contribution is 5.76. The average molecular weight is 129 g/mol. The molecule has 0 saturated carbocycles. The first-order valence-corrected chi connectivity index (χ1v) is 3.20. The van der Waals surface area contributed by atoms with E-state index in [1.54, 1.807) is 0 Å². The van der Waals surface area contributed by atoms with Crippen LogP contribution >= 0.6 is 0 Å². The SMILES string of the molecule is O=C1C[C@H](CO)CCN1. The molecule has 1 saturated heterocycles. The highest BCUT2D eigenvalue weighted by atomic mass is 16.3. The Labute approximate surface area is 54.1 Å². The van der Waals surface area contributed by atoms with Crippen LogP contribution in [0.5, 0.6) is 0 Å². The highest BCUT2D eigenvalue weighted by Gasteiger charge is 2.17. The van der Waals surface area contributed by atoms with Crippen LogP contribution in [-0.2, 0) is 4.79 Å². The van der Waals surface area contributed by atoms with Crippen LogP contribution in [0.1, 0.15) is 12.8 Å². The maximum atomic E-state index is 10.6. The summed E-state index contributed by atoms with van der Waals surface area (Å²) in [6.07, 6.45) is 1.42. The number of aliphatic hydroxyl groups is 1. The molecule has 0 aromatic rings. The second kappa shape index (κ2) is 2.82. The van der Waals surface area contributed by atoms with Crippen LogP contribution in [0.15, 0.2) is 0 Å². The standard InChI is InChI=1S/C6H11NO2/c8-4-5-1-2-7-6(9)3-5/h5,8H,1-4H2,(H,7,9)/t5-/m1/s1. The Balaban J connectivity index is 2.32. The molecule has 1 rings (SSSR count). The van der Waals surface area contributed by atoms with Crippen LogP contribution < -0.4 is 5.32 Å². The van der Waals surface area contributed by atoms with E-state index in [4.69, 9.17) is 5.11 Å². The fourth-order valence-corrected chi connectivity index (χ4v) is 1.01. The number of hydrogen-bond donors (Lipinski definition) is 2. The van der Waals surface area contributed by atoms with Gasteiger partial charge in [-0.3, -0.25) is 4.79 Å². The molecule has 0 unspecified atom stereocenters. The highest BCUT2D eigenvalue weighted by Crippen LogP contribution is 2.10.